The highest BCUT2D eigenvalue weighted by atomic mass is 127. The third-order valence-electron chi connectivity index (χ3n) is 3.27. The minimum atomic E-state index is 0.116. The number of hydrogen-bond acceptors (Lipinski definition) is 4. The summed E-state index contributed by atoms with van der Waals surface area (Å²) in [4.78, 5) is 14.4. The van der Waals surface area contributed by atoms with Gasteiger partial charge in [-0.15, -0.1) is 11.3 Å². The molecule has 2 rings (SSSR count). The van der Waals surface area contributed by atoms with Gasteiger partial charge in [-0.3, -0.25) is 4.79 Å². The summed E-state index contributed by atoms with van der Waals surface area (Å²) in [5.74, 6) is 0.116. The molecule has 1 atom stereocenters. The number of carbonyl (C=O) groups excluding carboxylic acids is 1. The van der Waals surface area contributed by atoms with Crippen LogP contribution < -0.4 is 5.32 Å². The van der Waals surface area contributed by atoms with Gasteiger partial charge in [0.15, 0.2) is 0 Å². The van der Waals surface area contributed by atoms with Gasteiger partial charge in [0.05, 0.1) is 15.1 Å². The van der Waals surface area contributed by atoms with Gasteiger partial charge < -0.3 is 15.0 Å². The highest BCUT2D eigenvalue weighted by Crippen LogP contribution is 2.19. The van der Waals surface area contributed by atoms with E-state index in [-0.39, 0.29) is 5.91 Å². The molecule has 0 aliphatic carbocycles. The van der Waals surface area contributed by atoms with Crippen molar-refractivity contribution in [3.63, 3.8) is 0 Å². The van der Waals surface area contributed by atoms with E-state index in [2.05, 4.69) is 27.9 Å². The molecule has 1 N–H and O–H groups in total. The number of carbonyl (C=O) groups is 1. The Labute approximate surface area is 131 Å². The van der Waals surface area contributed by atoms with Crippen molar-refractivity contribution in [3.05, 3.63) is 19.9 Å². The topological polar surface area (TPSA) is 41.6 Å². The van der Waals surface area contributed by atoms with Crippen LogP contribution in [-0.2, 0) is 4.74 Å². The van der Waals surface area contributed by atoms with Crippen molar-refractivity contribution in [3.8, 4) is 0 Å². The molecule has 19 heavy (non-hydrogen) atoms. The lowest BCUT2D eigenvalue weighted by Gasteiger charge is -2.25. The highest BCUT2D eigenvalue weighted by Gasteiger charge is 2.22. The van der Waals surface area contributed by atoms with Gasteiger partial charge >= 0.3 is 0 Å². The lowest BCUT2D eigenvalue weighted by atomic mass is 10.2. The second-order valence-electron chi connectivity index (χ2n) is 4.68. The summed E-state index contributed by atoms with van der Waals surface area (Å²) in [6, 6.07) is 2.38. The summed E-state index contributed by atoms with van der Waals surface area (Å²) in [7, 11) is 1.67. The molecule has 0 radical (unpaired) electrons. The van der Waals surface area contributed by atoms with Gasteiger partial charge in [-0.1, -0.05) is 0 Å². The summed E-state index contributed by atoms with van der Waals surface area (Å²) in [5, 5.41) is 5.38. The molecular formula is C13H19IN2O2S. The maximum absolute atomic E-state index is 12.5. The first-order chi connectivity index (χ1) is 9.20. The number of methoxy groups -OCH3 is 1. The second-order valence-corrected chi connectivity index (χ2v) is 7.48. The monoisotopic (exact) mass is 394 g/mol. The van der Waals surface area contributed by atoms with Crippen molar-refractivity contribution in [1.29, 1.82) is 0 Å². The third-order valence-corrected chi connectivity index (χ3v) is 5.06. The first kappa shape index (κ1) is 15.2. The van der Waals surface area contributed by atoms with Crippen LogP contribution >= 0.6 is 33.9 Å². The smallest absolute Gasteiger partial charge is 0.254 e. The van der Waals surface area contributed by atoms with Crippen LogP contribution in [0.1, 0.15) is 23.2 Å². The zero-order valence-electron chi connectivity index (χ0n) is 11.0. The summed E-state index contributed by atoms with van der Waals surface area (Å²) < 4.78 is 6.26. The molecule has 1 amide bonds. The first-order valence-corrected chi connectivity index (χ1v) is 8.42. The van der Waals surface area contributed by atoms with E-state index in [1.807, 2.05) is 16.3 Å². The van der Waals surface area contributed by atoms with E-state index in [1.165, 1.54) is 6.42 Å². The molecule has 1 saturated heterocycles. The van der Waals surface area contributed by atoms with Crippen LogP contribution in [-0.4, -0.2) is 50.2 Å². The van der Waals surface area contributed by atoms with E-state index in [9.17, 15) is 4.79 Å². The Morgan fingerprint density at radius 3 is 3.11 bits per heavy atom. The molecule has 1 aromatic rings. The fourth-order valence-electron chi connectivity index (χ4n) is 2.26. The standard InChI is InChI=1S/C13H19IN2O2S/c1-18-6-5-16(8-11-3-2-4-15-11)13(17)10-7-12(14)19-9-10/h7,9,11,15H,2-6,8H2,1H3. The van der Waals surface area contributed by atoms with Crippen molar-refractivity contribution in [2.24, 2.45) is 0 Å². The maximum atomic E-state index is 12.5. The molecule has 1 aliphatic rings. The minimum Gasteiger partial charge on any atom is -0.383 e. The molecule has 1 fully saturated rings. The number of halogens is 1. The zero-order chi connectivity index (χ0) is 13.7. The fraction of sp³-hybridized carbons (Fsp3) is 0.615. The van der Waals surface area contributed by atoms with Gasteiger partial charge in [0, 0.05) is 31.6 Å². The first-order valence-electron chi connectivity index (χ1n) is 6.46. The predicted molar refractivity (Wildman–Crippen MR) is 85.8 cm³/mol. The van der Waals surface area contributed by atoms with Crippen LogP contribution in [0, 0.1) is 2.88 Å². The van der Waals surface area contributed by atoms with Gasteiger partial charge in [0.2, 0.25) is 0 Å². The van der Waals surface area contributed by atoms with Gasteiger partial charge in [-0.25, -0.2) is 0 Å². The Balaban J connectivity index is 2.00. The Morgan fingerprint density at radius 2 is 2.53 bits per heavy atom. The van der Waals surface area contributed by atoms with E-state index in [1.54, 1.807) is 18.4 Å². The van der Waals surface area contributed by atoms with Gasteiger partial charge in [-0.2, -0.15) is 0 Å². The van der Waals surface area contributed by atoms with E-state index in [0.29, 0.717) is 19.2 Å². The van der Waals surface area contributed by atoms with Crippen molar-refractivity contribution in [2.75, 3.05) is 33.4 Å². The number of rotatable bonds is 6. The Morgan fingerprint density at radius 1 is 1.68 bits per heavy atom. The van der Waals surface area contributed by atoms with Crippen LogP contribution in [0.3, 0.4) is 0 Å². The van der Waals surface area contributed by atoms with Gasteiger partial charge in [0.1, 0.15) is 0 Å². The summed E-state index contributed by atoms with van der Waals surface area (Å²) >= 11 is 3.86. The van der Waals surface area contributed by atoms with E-state index >= 15 is 0 Å². The molecule has 0 saturated carbocycles. The lowest BCUT2D eigenvalue weighted by Crippen LogP contribution is -2.42. The van der Waals surface area contributed by atoms with Crippen LogP contribution in [0.4, 0.5) is 0 Å². The number of amides is 1. The Hall–Kier alpha value is -0.180. The van der Waals surface area contributed by atoms with E-state index in [0.717, 1.165) is 28.0 Å². The van der Waals surface area contributed by atoms with Crippen LogP contribution in [0.15, 0.2) is 11.4 Å². The van der Waals surface area contributed by atoms with E-state index < -0.39 is 0 Å². The normalized spacial score (nSPS) is 18.7. The molecule has 0 spiro atoms. The predicted octanol–water partition coefficient (Wildman–Crippen LogP) is 2.19. The highest BCUT2D eigenvalue weighted by molar-refractivity contribution is 14.1. The molecule has 0 aromatic carbocycles. The third kappa shape index (κ3) is 4.40. The SMILES string of the molecule is COCCN(CC1CCCN1)C(=O)c1csc(I)c1. The Kier molecular flexibility index (Phi) is 6.06. The molecule has 2 heterocycles. The molecule has 4 nitrogen and oxygen atoms in total. The number of hydrogen-bond donors (Lipinski definition) is 1. The summed E-state index contributed by atoms with van der Waals surface area (Å²) in [5.41, 5.74) is 0.795. The van der Waals surface area contributed by atoms with Crippen LogP contribution in [0.2, 0.25) is 0 Å². The largest absolute Gasteiger partial charge is 0.383 e. The lowest BCUT2D eigenvalue weighted by molar-refractivity contribution is 0.0680. The van der Waals surface area contributed by atoms with Gasteiger partial charge in [0.25, 0.3) is 5.91 Å². The van der Waals surface area contributed by atoms with Crippen molar-refractivity contribution in [1.82, 2.24) is 10.2 Å². The second kappa shape index (κ2) is 7.56. The fourth-order valence-corrected chi connectivity index (χ4v) is 3.58. The van der Waals surface area contributed by atoms with Crippen molar-refractivity contribution < 1.29 is 9.53 Å². The van der Waals surface area contributed by atoms with Crippen molar-refractivity contribution in [2.45, 2.75) is 18.9 Å². The quantitative estimate of drug-likeness (QED) is 0.753. The summed E-state index contributed by atoms with van der Waals surface area (Å²) in [6.45, 7) is 3.07. The van der Waals surface area contributed by atoms with Crippen molar-refractivity contribution >= 4 is 39.8 Å². The average Bonchev–Trinajstić information content (AvgIpc) is 3.05. The molecule has 6 heteroatoms. The maximum Gasteiger partial charge on any atom is 0.254 e. The number of nitrogens with one attached hydrogen (secondary N) is 1. The molecule has 1 unspecified atom stereocenters. The molecule has 1 aliphatic heterocycles. The minimum absolute atomic E-state index is 0.116. The van der Waals surface area contributed by atoms with Gasteiger partial charge in [-0.05, 0) is 48.0 Å². The van der Waals surface area contributed by atoms with E-state index in [4.69, 9.17) is 4.74 Å². The molecule has 1 aromatic heterocycles. The zero-order valence-corrected chi connectivity index (χ0v) is 14.0. The average molecular weight is 394 g/mol. The Bertz CT molecular complexity index is 419. The molecule has 106 valence electrons. The van der Waals surface area contributed by atoms with Crippen LogP contribution in [0.25, 0.3) is 0 Å². The number of nitrogens with zero attached hydrogens (tertiary/aromatic N) is 1. The van der Waals surface area contributed by atoms with Crippen LogP contribution in [0.5, 0.6) is 0 Å². The number of thiophene rings is 1. The molecular weight excluding hydrogens is 375 g/mol. The summed E-state index contributed by atoms with van der Waals surface area (Å²) in [6.07, 6.45) is 2.35. The molecule has 0 bridgehead atoms. The number of ether oxygens (including phenoxy) is 1.